The van der Waals surface area contributed by atoms with Gasteiger partial charge in [0, 0.05) is 19.7 Å². The molecule has 1 aromatic heterocycles. The number of hydrogen-bond donors (Lipinski definition) is 1. The Morgan fingerprint density at radius 1 is 1.62 bits per heavy atom. The number of ether oxygens (including phenoxy) is 1. The molecule has 2 atom stereocenters. The number of nitrogens with one attached hydrogen (secondary N) is 1. The lowest BCUT2D eigenvalue weighted by Gasteiger charge is -2.26. The molecule has 1 N–H and O–H groups in total. The summed E-state index contributed by atoms with van der Waals surface area (Å²) in [4.78, 5) is 4.49. The molecule has 5 nitrogen and oxygen atoms in total. The minimum absolute atomic E-state index is 0.320. The van der Waals surface area contributed by atoms with Crippen LogP contribution in [0.15, 0.2) is 0 Å². The van der Waals surface area contributed by atoms with Gasteiger partial charge in [0.15, 0.2) is 0 Å². The largest absolute Gasteiger partial charge is 0.383 e. The Morgan fingerprint density at radius 2 is 2.44 bits per heavy atom. The molecule has 0 spiro atoms. The van der Waals surface area contributed by atoms with Gasteiger partial charge in [-0.1, -0.05) is 0 Å². The molecule has 2 heterocycles. The summed E-state index contributed by atoms with van der Waals surface area (Å²) in [6.45, 7) is 5.79. The van der Waals surface area contributed by atoms with Gasteiger partial charge in [-0.25, -0.2) is 9.67 Å². The first-order chi connectivity index (χ1) is 7.70. The van der Waals surface area contributed by atoms with E-state index in [4.69, 9.17) is 4.74 Å². The quantitative estimate of drug-likeness (QED) is 0.830. The monoisotopic (exact) mass is 224 g/mol. The Hall–Kier alpha value is -0.940. The molecule has 0 amide bonds. The van der Waals surface area contributed by atoms with Crippen molar-refractivity contribution in [3.8, 4) is 0 Å². The molecule has 2 rings (SSSR count). The predicted octanol–water partition coefficient (Wildman–Crippen LogP) is 1.05. The van der Waals surface area contributed by atoms with Gasteiger partial charge in [-0.05, 0) is 26.7 Å². The normalized spacial score (nSPS) is 21.8. The maximum absolute atomic E-state index is 5.13. The molecule has 90 valence electrons. The third kappa shape index (κ3) is 2.41. The zero-order chi connectivity index (χ0) is 11.5. The Balaban J connectivity index is 2.06. The van der Waals surface area contributed by atoms with Gasteiger partial charge in [-0.3, -0.25) is 0 Å². The van der Waals surface area contributed by atoms with Crippen molar-refractivity contribution >= 4 is 0 Å². The van der Waals surface area contributed by atoms with E-state index in [-0.39, 0.29) is 0 Å². The lowest BCUT2D eigenvalue weighted by atomic mass is 10.1. The van der Waals surface area contributed by atoms with Crippen molar-refractivity contribution < 1.29 is 4.74 Å². The molecule has 0 bridgehead atoms. The zero-order valence-corrected chi connectivity index (χ0v) is 10.2. The highest BCUT2D eigenvalue weighted by Crippen LogP contribution is 2.23. The molecule has 5 heteroatoms. The fourth-order valence-corrected chi connectivity index (χ4v) is 2.27. The second-order valence-corrected chi connectivity index (χ2v) is 4.46. The van der Waals surface area contributed by atoms with Crippen LogP contribution >= 0.6 is 0 Å². The highest BCUT2D eigenvalue weighted by atomic mass is 16.5. The summed E-state index contributed by atoms with van der Waals surface area (Å²) in [7, 11) is 1.73. The van der Waals surface area contributed by atoms with Gasteiger partial charge in [0.1, 0.15) is 11.6 Å². The highest BCUT2D eigenvalue weighted by Gasteiger charge is 2.24. The van der Waals surface area contributed by atoms with Gasteiger partial charge in [-0.15, -0.1) is 0 Å². The molecular formula is C11H20N4O. The van der Waals surface area contributed by atoms with Crippen LogP contribution in [0.25, 0.3) is 0 Å². The van der Waals surface area contributed by atoms with Gasteiger partial charge in [-0.2, -0.15) is 5.10 Å². The van der Waals surface area contributed by atoms with E-state index in [1.165, 1.54) is 0 Å². The first kappa shape index (κ1) is 11.5. The maximum atomic E-state index is 5.13. The summed E-state index contributed by atoms with van der Waals surface area (Å²) in [6.07, 6.45) is 2.29. The summed E-state index contributed by atoms with van der Waals surface area (Å²) >= 11 is 0. The summed E-state index contributed by atoms with van der Waals surface area (Å²) in [5.41, 5.74) is 0. The number of aromatic nitrogens is 3. The Kier molecular flexibility index (Phi) is 3.56. The van der Waals surface area contributed by atoms with Crippen molar-refractivity contribution in [3.05, 3.63) is 11.6 Å². The van der Waals surface area contributed by atoms with E-state index < -0.39 is 0 Å². The van der Waals surface area contributed by atoms with Crippen LogP contribution in [-0.2, 0) is 11.3 Å². The van der Waals surface area contributed by atoms with E-state index in [0.29, 0.717) is 12.1 Å². The third-order valence-electron chi connectivity index (χ3n) is 2.88. The van der Waals surface area contributed by atoms with Crippen molar-refractivity contribution in [2.24, 2.45) is 0 Å². The van der Waals surface area contributed by atoms with Crippen LogP contribution in [0.3, 0.4) is 0 Å². The molecule has 0 aliphatic carbocycles. The van der Waals surface area contributed by atoms with Gasteiger partial charge < -0.3 is 10.1 Å². The number of rotatable bonds is 4. The number of methoxy groups -OCH3 is 1. The van der Waals surface area contributed by atoms with Crippen molar-refractivity contribution in [2.45, 2.75) is 45.3 Å². The van der Waals surface area contributed by atoms with E-state index >= 15 is 0 Å². The van der Waals surface area contributed by atoms with Crippen LogP contribution in [0.1, 0.15) is 37.5 Å². The van der Waals surface area contributed by atoms with Gasteiger partial charge in [0.2, 0.25) is 0 Å². The van der Waals surface area contributed by atoms with Crippen LogP contribution in [0.4, 0.5) is 0 Å². The smallest absolute Gasteiger partial charge is 0.147 e. The molecule has 1 aromatic rings. The number of aryl methyl sites for hydroxylation is 2. The van der Waals surface area contributed by atoms with Crippen LogP contribution in [0.2, 0.25) is 0 Å². The summed E-state index contributed by atoms with van der Waals surface area (Å²) < 4.78 is 7.16. The van der Waals surface area contributed by atoms with Crippen LogP contribution in [-0.4, -0.2) is 34.5 Å². The zero-order valence-electron chi connectivity index (χ0n) is 10.2. The van der Waals surface area contributed by atoms with Gasteiger partial charge in [0.05, 0.1) is 12.6 Å². The van der Waals surface area contributed by atoms with Crippen LogP contribution in [0, 0.1) is 6.92 Å². The van der Waals surface area contributed by atoms with Gasteiger partial charge >= 0.3 is 0 Å². The molecular weight excluding hydrogens is 204 g/mol. The molecule has 1 aliphatic heterocycles. The Bertz CT molecular complexity index is 350. The summed E-state index contributed by atoms with van der Waals surface area (Å²) in [6, 6.07) is 0.665. The first-order valence-corrected chi connectivity index (χ1v) is 5.87. The van der Waals surface area contributed by atoms with E-state index in [9.17, 15) is 0 Å². The van der Waals surface area contributed by atoms with Crippen molar-refractivity contribution in [1.82, 2.24) is 20.1 Å². The average molecular weight is 224 g/mol. The summed E-state index contributed by atoms with van der Waals surface area (Å²) in [5.74, 6) is 1.94. The molecule has 16 heavy (non-hydrogen) atoms. The lowest BCUT2D eigenvalue weighted by molar-refractivity contribution is 0.162. The average Bonchev–Trinajstić information content (AvgIpc) is 2.60. The molecule has 0 fully saturated rings. The Morgan fingerprint density at radius 3 is 3.19 bits per heavy atom. The Labute approximate surface area is 96.2 Å². The van der Waals surface area contributed by atoms with Crippen LogP contribution in [0.5, 0.6) is 0 Å². The standard InChI is InChI=1S/C11H20N4O/c1-8(7-16-3)12-10-5-4-6-15-11(10)13-9(2)14-15/h8,10,12H,4-7H2,1-3H3. The van der Waals surface area contributed by atoms with Crippen molar-refractivity contribution in [1.29, 1.82) is 0 Å². The minimum atomic E-state index is 0.320. The SMILES string of the molecule is COCC(C)NC1CCCn2nc(C)nc21. The van der Waals surface area contributed by atoms with Crippen LogP contribution < -0.4 is 5.32 Å². The number of fused-ring (bicyclic) bond motifs is 1. The second kappa shape index (κ2) is 4.93. The molecule has 0 aromatic carbocycles. The maximum Gasteiger partial charge on any atom is 0.147 e. The van der Waals surface area contributed by atoms with E-state index in [1.807, 2.05) is 11.6 Å². The predicted molar refractivity (Wildman–Crippen MR) is 61.2 cm³/mol. The second-order valence-electron chi connectivity index (χ2n) is 4.46. The minimum Gasteiger partial charge on any atom is -0.383 e. The molecule has 1 aliphatic rings. The van der Waals surface area contributed by atoms with Gasteiger partial charge in [0.25, 0.3) is 0 Å². The molecule has 0 saturated heterocycles. The number of hydrogen-bond acceptors (Lipinski definition) is 4. The van der Waals surface area contributed by atoms with E-state index in [2.05, 4.69) is 22.3 Å². The lowest BCUT2D eigenvalue weighted by Crippen LogP contribution is -2.37. The van der Waals surface area contributed by atoms with E-state index in [0.717, 1.165) is 37.6 Å². The third-order valence-corrected chi connectivity index (χ3v) is 2.88. The fourth-order valence-electron chi connectivity index (χ4n) is 2.27. The first-order valence-electron chi connectivity index (χ1n) is 5.87. The topological polar surface area (TPSA) is 52.0 Å². The van der Waals surface area contributed by atoms with E-state index in [1.54, 1.807) is 7.11 Å². The summed E-state index contributed by atoms with van der Waals surface area (Å²) in [5, 5.41) is 7.93. The van der Waals surface area contributed by atoms with Crippen molar-refractivity contribution in [3.63, 3.8) is 0 Å². The number of nitrogens with zero attached hydrogens (tertiary/aromatic N) is 3. The van der Waals surface area contributed by atoms with Crippen molar-refractivity contribution in [2.75, 3.05) is 13.7 Å². The fraction of sp³-hybridized carbons (Fsp3) is 0.818. The molecule has 0 saturated carbocycles. The highest BCUT2D eigenvalue weighted by molar-refractivity contribution is 5.01. The molecule has 0 radical (unpaired) electrons. The molecule has 2 unspecified atom stereocenters.